The zero-order valence-electron chi connectivity index (χ0n) is 9.04. The third kappa shape index (κ3) is 2.65. The molecule has 2 atom stereocenters. The second-order valence-corrected chi connectivity index (χ2v) is 5.17. The Morgan fingerprint density at radius 3 is 2.44 bits per heavy atom. The minimum atomic E-state index is -2.47. The zero-order chi connectivity index (χ0) is 11.7. The molecule has 0 heterocycles. The molecular weight excluding hydrogens is 236 g/mol. The average molecular weight is 252 g/mol. The fourth-order valence-electron chi connectivity index (χ4n) is 2.73. The van der Waals surface area contributed by atoms with E-state index in [9.17, 15) is 13.6 Å². The molecule has 2 rings (SSSR count). The van der Waals surface area contributed by atoms with E-state index in [0.717, 1.165) is 12.8 Å². The van der Waals surface area contributed by atoms with Crippen molar-refractivity contribution in [3.05, 3.63) is 0 Å². The molecule has 0 bridgehead atoms. The minimum absolute atomic E-state index is 0.0225. The summed E-state index contributed by atoms with van der Waals surface area (Å²) in [7, 11) is 0. The van der Waals surface area contributed by atoms with Crippen molar-refractivity contribution >= 4 is 17.5 Å². The molecule has 0 radical (unpaired) electrons. The number of carbonyl (C=O) groups is 1. The molecule has 2 nitrogen and oxygen atoms in total. The van der Waals surface area contributed by atoms with Crippen LogP contribution in [0.15, 0.2) is 0 Å². The molecule has 0 saturated heterocycles. The number of nitrogens with zero attached hydrogens (tertiary/aromatic N) is 1. The van der Waals surface area contributed by atoms with E-state index in [1.165, 1.54) is 11.3 Å². The van der Waals surface area contributed by atoms with Gasteiger partial charge in [0.25, 0.3) is 6.43 Å². The van der Waals surface area contributed by atoms with Crippen molar-refractivity contribution < 1.29 is 13.6 Å². The number of fused-ring (bicyclic) bond motifs is 1. The Balaban J connectivity index is 1.88. The first-order chi connectivity index (χ1) is 7.61. The predicted octanol–water partition coefficient (Wildman–Crippen LogP) is 2.37. The van der Waals surface area contributed by atoms with Gasteiger partial charge >= 0.3 is 0 Å². The average Bonchev–Trinajstić information content (AvgIpc) is 2.83. The van der Waals surface area contributed by atoms with Crippen LogP contribution < -0.4 is 0 Å². The largest absolute Gasteiger partial charge is 0.336 e. The van der Waals surface area contributed by atoms with Crippen LogP contribution in [0.4, 0.5) is 8.78 Å². The fourth-order valence-corrected chi connectivity index (χ4v) is 2.94. The number of halogens is 3. The molecule has 2 fully saturated rings. The van der Waals surface area contributed by atoms with E-state index in [2.05, 4.69) is 0 Å². The third-order valence-corrected chi connectivity index (χ3v) is 3.79. The molecule has 92 valence electrons. The highest BCUT2D eigenvalue weighted by atomic mass is 35.5. The fraction of sp³-hybridized carbons (Fsp3) is 0.909. The highest BCUT2D eigenvalue weighted by molar-refractivity contribution is 6.18. The molecule has 2 aliphatic rings. The van der Waals surface area contributed by atoms with E-state index in [0.29, 0.717) is 11.8 Å². The van der Waals surface area contributed by atoms with E-state index in [1.807, 2.05) is 0 Å². The lowest BCUT2D eigenvalue weighted by atomic mass is 10.0. The number of hydrogen-bond donors (Lipinski definition) is 0. The van der Waals surface area contributed by atoms with Gasteiger partial charge in [-0.3, -0.25) is 4.79 Å². The summed E-state index contributed by atoms with van der Waals surface area (Å²) in [6.45, 7) is -0.242. The van der Waals surface area contributed by atoms with Crippen molar-refractivity contribution in [1.29, 1.82) is 0 Å². The summed E-state index contributed by atoms with van der Waals surface area (Å²) in [5.74, 6) is 1.47. The Kier molecular flexibility index (Phi) is 3.67. The van der Waals surface area contributed by atoms with Crippen LogP contribution in [0.2, 0.25) is 0 Å². The van der Waals surface area contributed by atoms with Crippen LogP contribution in [0.3, 0.4) is 0 Å². The molecule has 0 aliphatic heterocycles. The first-order valence-corrected chi connectivity index (χ1v) is 6.28. The maximum atomic E-state index is 12.3. The van der Waals surface area contributed by atoms with Gasteiger partial charge in [-0.15, -0.1) is 11.6 Å². The van der Waals surface area contributed by atoms with Gasteiger partial charge in [-0.1, -0.05) is 0 Å². The van der Waals surface area contributed by atoms with Crippen molar-refractivity contribution in [2.24, 2.45) is 17.8 Å². The van der Waals surface area contributed by atoms with E-state index in [1.54, 1.807) is 0 Å². The standard InChI is InChI=1S/C11H16ClF2NO/c12-1-2-15(6-10(13)14)11(16)9-4-7-3-8(7)5-9/h7-10H,1-6H2. The summed E-state index contributed by atoms with van der Waals surface area (Å²) in [6.07, 6.45) is 0.550. The van der Waals surface area contributed by atoms with Crippen molar-refractivity contribution in [2.45, 2.75) is 25.7 Å². The van der Waals surface area contributed by atoms with Crippen LogP contribution >= 0.6 is 11.6 Å². The van der Waals surface area contributed by atoms with Crippen LogP contribution in [-0.4, -0.2) is 36.2 Å². The van der Waals surface area contributed by atoms with Gasteiger partial charge < -0.3 is 4.90 Å². The first-order valence-electron chi connectivity index (χ1n) is 5.74. The Bertz CT molecular complexity index is 265. The number of hydrogen-bond acceptors (Lipinski definition) is 1. The Hall–Kier alpha value is -0.380. The maximum absolute atomic E-state index is 12.3. The van der Waals surface area contributed by atoms with Crippen molar-refractivity contribution in [1.82, 2.24) is 4.90 Å². The quantitative estimate of drug-likeness (QED) is 0.687. The summed E-state index contributed by atoms with van der Waals surface area (Å²) < 4.78 is 24.6. The van der Waals surface area contributed by atoms with Crippen LogP contribution in [0.1, 0.15) is 19.3 Å². The Morgan fingerprint density at radius 2 is 1.94 bits per heavy atom. The zero-order valence-corrected chi connectivity index (χ0v) is 9.80. The van der Waals surface area contributed by atoms with Gasteiger partial charge in [0.05, 0.1) is 6.54 Å². The number of amides is 1. The van der Waals surface area contributed by atoms with Gasteiger partial charge in [-0.25, -0.2) is 8.78 Å². The normalized spacial score (nSPS) is 31.6. The molecular formula is C11H16ClF2NO. The van der Waals surface area contributed by atoms with Crippen molar-refractivity contribution in [3.8, 4) is 0 Å². The Morgan fingerprint density at radius 1 is 1.31 bits per heavy atom. The number of rotatable bonds is 5. The first kappa shape index (κ1) is 12.1. The van der Waals surface area contributed by atoms with E-state index < -0.39 is 13.0 Å². The van der Waals surface area contributed by atoms with Crippen LogP contribution in [-0.2, 0) is 4.79 Å². The van der Waals surface area contributed by atoms with Gasteiger partial charge in [0.15, 0.2) is 0 Å². The molecule has 0 spiro atoms. The predicted molar refractivity (Wildman–Crippen MR) is 57.6 cm³/mol. The van der Waals surface area contributed by atoms with Crippen LogP contribution in [0.25, 0.3) is 0 Å². The summed E-state index contributed by atoms with van der Waals surface area (Å²) in [6, 6.07) is 0. The summed E-state index contributed by atoms with van der Waals surface area (Å²) in [5, 5.41) is 0. The Labute approximate surface area is 98.9 Å². The number of alkyl halides is 3. The molecule has 0 N–H and O–H groups in total. The van der Waals surface area contributed by atoms with Crippen LogP contribution in [0.5, 0.6) is 0 Å². The summed E-state index contributed by atoms with van der Waals surface area (Å²) in [4.78, 5) is 13.2. The number of carbonyl (C=O) groups excluding carboxylic acids is 1. The molecule has 2 saturated carbocycles. The van der Waals surface area contributed by atoms with Crippen molar-refractivity contribution in [2.75, 3.05) is 19.0 Å². The minimum Gasteiger partial charge on any atom is -0.336 e. The van der Waals surface area contributed by atoms with Gasteiger partial charge in [0.1, 0.15) is 0 Å². The summed E-state index contributed by atoms with van der Waals surface area (Å²) in [5.41, 5.74) is 0. The van der Waals surface area contributed by atoms with E-state index in [4.69, 9.17) is 11.6 Å². The molecule has 0 aromatic heterocycles. The second-order valence-electron chi connectivity index (χ2n) is 4.79. The molecule has 1 amide bonds. The topological polar surface area (TPSA) is 20.3 Å². The molecule has 0 aromatic carbocycles. The molecule has 0 aromatic rings. The van der Waals surface area contributed by atoms with Gasteiger partial charge in [0, 0.05) is 18.3 Å². The third-order valence-electron chi connectivity index (χ3n) is 3.62. The second kappa shape index (κ2) is 4.86. The highest BCUT2D eigenvalue weighted by Crippen LogP contribution is 2.54. The maximum Gasteiger partial charge on any atom is 0.255 e. The lowest BCUT2D eigenvalue weighted by Crippen LogP contribution is -2.40. The van der Waals surface area contributed by atoms with Crippen molar-refractivity contribution in [3.63, 3.8) is 0 Å². The molecule has 16 heavy (non-hydrogen) atoms. The smallest absolute Gasteiger partial charge is 0.255 e. The lowest BCUT2D eigenvalue weighted by molar-refractivity contribution is -0.137. The lowest BCUT2D eigenvalue weighted by Gasteiger charge is -2.25. The van der Waals surface area contributed by atoms with E-state index in [-0.39, 0.29) is 24.2 Å². The molecule has 2 unspecified atom stereocenters. The van der Waals surface area contributed by atoms with E-state index >= 15 is 0 Å². The van der Waals surface area contributed by atoms with Gasteiger partial charge in [0.2, 0.25) is 5.91 Å². The van der Waals surface area contributed by atoms with Crippen LogP contribution in [0, 0.1) is 17.8 Å². The molecule has 2 aliphatic carbocycles. The molecule has 5 heteroatoms. The monoisotopic (exact) mass is 251 g/mol. The summed E-state index contributed by atoms with van der Waals surface area (Å²) >= 11 is 5.53. The van der Waals surface area contributed by atoms with Gasteiger partial charge in [-0.2, -0.15) is 0 Å². The highest BCUT2D eigenvalue weighted by Gasteiger charge is 2.48. The van der Waals surface area contributed by atoms with Gasteiger partial charge in [-0.05, 0) is 31.1 Å². The SMILES string of the molecule is O=C(C1CC2CC2C1)N(CCCl)CC(F)F.